The summed E-state index contributed by atoms with van der Waals surface area (Å²) in [6.45, 7) is 0. The summed E-state index contributed by atoms with van der Waals surface area (Å²) in [6, 6.07) is 75.7. The molecule has 0 radical (unpaired) electrons. The van der Waals surface area contributed by atoms with Gasteiger partial charge in [-0.25, -0.2) is 0 Å². The molecule has 0 unspecified atom stereocenters. The summed E-state index contributed by atoms with van der Waals surface area (Å²) in [4.78, 5) is 2.43. The van der Waals surface area contributed by atoms with Crippen LogP contribution in [-0.2, 0) is 0 Å². The molecule has 0 aliphatic heterocycles. The maximum atomic E-state index is 2.49. The van der Waals surface area contributed by atoms with Gasteiger partial charge in [-0.05, 0) is 115 Å². The van der Waals surface area contributed by atoms with Crippen LogP contribution < -0.4 is 4.90 Å². The highest BCUT2D eigenvalue weighted by Gasteiger charge is 2.26. The number of fused-ring (bicyclic) bond motifs is 1. The summed E-state index contributed by atoms with van der Waals surface area (Å²) in [5.74, 6) is 0. The fourth-order valence-corrected chi connectivity index (χ4v) is 9.35. The first-order chi connectivity index (χ1) is 27.8. The molecule has 2 heteroatoms. The summed E-state index contributed by atoms with van der Waals surface area (Å²) < 4.78 is 2.49. The normalized spacial score (nSPS) is 11.9. The Morgan fingerprint density at radius 2 is 0.786 bits per heavy atom. The van der Waals surface area contributed by atoms with E-state index in [1.165, 1.54) is 87.5 Å². The first kappa shape index (κ1) is 31.0. The van der Waals surface area contributed by atoms with Gasteiger partial charge in [0, 0.05) is 38.9 Å². The molecule has 1 aliphatic carbocycles. The lowest BCUT2D eigenvalue weighted by molar-refractivity contribution is 1.18. The van der Waals surface area contributed by atoms with E-state index in [2.05, 4.69) is 216 Å². The molecule has 260 valence electrons. The lowest BCUT2D eigenvalue weighted by Crippen LogP contribution is -2.10. The number of anilines is 3. The van der Waals surface area contributed by atoms with E-state index in [0.29, 0.717) is 0 Å². The summed E-state index contributed by atoms with van der Waals surface area (Å²) in [6.07, 6.45) is 0. The second-order valence-electron chi connectivity index (χ2n) is 14.9. The van der Waals surface area contributed by atoms with Crippen molar-refractivity contribution >= 4 is 71.2 Å². The number of benzene rings is 10. The van der Waals surface area contributed by atoms with Gasteiger partial charge in [0.15, 0.2) is 0 Å². The van der Waals surface area contributed by atoms with Gasteiger partial charge in [-0.3, -0.25) is 0 Å². The summed E-state index contributed by atoms with van der Waals surface area (Å²) >= 11 is 0. The van der Waals surface area contributed by atoms with Crippen molar-refractivity contribution in [1.82, 2.24) is 4.57 Å². The van der Waals surface area contributed by atoms with Gasteiger partial charge in [-0.2, -0.15) is 0 Å². The topological polar surface area (TPSA) is 8.17 Å². The van der Waals surface area contributed by atoms with Crippen molar-refractivity contribution in [3.8, 4) is 39.1 Å². The van der Waals surface area contributed by atoms with Crippen LogP contribution in [0.4, 0.5) is 17.1 Å². The molecular weight excluding hydrogens is 677 g/mol. The van der Waals surface area contributed by atoms with Crippen LogP contribution in [0.1, 0.15) is 0 Å². The minimum Gasteiger partial charge on any atom is -0.310 e. The molecule has 0 N–H and O–H groups in total. The van der Waals surface area contributed by atoms with Crippen LogP contribution in [-0.4, -0.2) is 4.57 Å². The molecule has 1 aromatic heterocycles. The molecule has 0 fully saturated rings. The first-order valence-electron chi connectivity index (χ1n) is 19.3. The summed E-state index contributed by atoms with van der Waals surface area (Å²) in [7, 11) is 0. The molecule has 0 spiro atoms. The van der Waals surface area contributed by atoms with Gasteiger partial charge in [0.05, 0.1) is 11.0 Å². The van der Waals surface area contributed by atoms with E-state index >= 15 is 0 Å². The second-order valence-corrected chi connectivity index (χ2v) is 14.9. The number of hydrogen-bond acceptors (Lipinski definition) is 1. The Morgan fingerprint density at radius 3 is 1.38 bits per heavy atom. The highest BCUT2D eigenvalue weighted by atomic mass is 15.1. The van der Waals surface area contributed by atoms with Crippen molar-refractivity contribution in [2.75, 3.05) is 4.90 Å². The molecule has 1 aliphatic rings. The largest absolute Gasteiger partial charge is 0.310 e. The zero-order valence-electron chi connectivity index (χ0n) is 30.5. The molecule has 2 nitrogen and oxygen atoms in total. The molecule has 11 aromatic rings. The average molecular weight is 711 g/mol. The Morgan fingerprint density at radius 1 is 0.286 bits per heavy atom. The predicted octanol–water partition coefficient (Wildman–Crippen LogP) is 15.0. The van der Waals surface area contributed by atoms with E-state index in [1.807, 2.05) is 0 Å². The van der Waals surface area contributed by atoms with Crippen LogP contribution in [0.5, 0.6) is 0 Å². The van der Waals surface area contributed by atoms with E-state index in [-0.39, 0.29) is 0 Å². The Kier molecular flexibility index (Phi) is 6.66. The van der Waals surface area contributed by atoms with Crippen molar-refractivity contribution in [2.45, 2.75) is 0 Å². The maximum absolute atomic E-state index is 2.49. The van der Waals surface area contributed by atoms with Crippen molar-refractivity contribution in [2.24, 2.45) is 0 Å². The van der Waals surface area contributed by atoms with E-state index in [0.717, 1.165) is 22.7 Å². The Hall–Kier alpha value is -7.42. The highest BCUT2D eigenvalue weighted by Crippen LogP contribution is 2.52. The Balaban J connectivity index is 1.19. The minimum atomic E-state index is 1.10. The van der Waals surface area contributed by atoms with Crippen LogP contribution in [0.3, 0.4) is 0 Å². The summed E-state index contributed by atoms with van der Waals surface area (Å²) in [5, 5.41) is 10.5. The SMILES string of the molecule is c1ccc(-c2ccc(N(c3ccc(-c4ccccc4)cc3)c3cc4c5c6c7c(ccc8ccc9cccc-4c9c87)ccc6n(-c4ccccc4)c5c3)cc2)cc1. The van der Waals surface area contributed by atoms with Crippen molar-refractivity contribution in [3.05, 3.63) is 206 Å². The monoisotopic (exact) mass is 710 g/mol. The van der Waals surface area contributed by atoms with Crippen LogP contribution in [0.15, 0.2) is 206 Å². The van der Waals surface area contributed by atoms with E-state index < -0.39 is 0 Å². The van der Waals surface area contributed by atoms with E-state index in [4.69, 9.17) is 0 Å². The van der Waals surface area contributed by atoms with Crippen LogP contribution in [0.2, 0.25) is 0 Å². The highest BCUT2D eigenvalue weighted by molar-refractivity contribution is 6.38. The minimum absolute atomic E-state index is 1.10. The molecule has 56 heavy (non-hydrogen) atoms. The number of hydrogen-bond donors (Lipinski definition) is 0. The molecule has 0 amide bonds. The molecular formula is C54H34N2. The van der Waals surface area contributed by atoms with E-state index in [1.54, 1.807) is 0 Å². The smallest absolute Gasteiger partial charge is 0.0568 e. The fraction of sp³-hybridized carbons (Fsp3) is 0. The zero-order valence-corrected chi connectivity index (χ0v) is 30.5. The zero-order chi connectivity index (χ0) is 36.7. The maximum Gasteiger partial charge on any atom is 0.0568 e. The molecule has 0 saturated heterocycles. The second kappa shape index (κ2) is 12.0. The first-order valence-corrected chi connectivity index (χ1v) is 19.3. The van der Waals surface area contributed by atoms with Gasteiger partial charge in [0.2, 0.25) is 0 Å². The number of aromatic nitrogens is 1. The third kappa shape index (κ3) is 4.57. The van der Waals surface area contributed by atoms with Crippen LogP contribution in [0, 0.1) is 0 Å². The van der Waals surface area contributed by atoms with Gasteiger partial charge < -0.3 is 9.47 Å². The lowest BCUT2D eigenvalue weighted by atomic mass is 9.92. The van der Waals surface area contributed by atoms with Crippen molar-refractivity contribution in [1.29, 1.82) is 0 Å². The van der Waals surface area contributed by atoms with Gasteiger partial charge in [-0.1, -0.05) is 152 Å². The van der Waals surface area contributed by atoms with Gasteiger partial charge in [0.25, 0.3) is 0 Å². The average Bonchev–Trinajstić information content (AvgIpc) is 3.54. The van der Waals surface area contributed by atoms with Crippen LogP contribution >= 0.6 is 0 Å². The van der Waals surface area contributed by atoms with Gasteiger partial charge >= 0.3 is 0 Å². The Bertz CT molecular complexity index is 3220. The number of nitrogens with zero attached hydrogens (tertiary/aromatic N) is 2. The lowest BCUT2D eigenvalue weighted by Gasteiger charge is -2.27. The number of rotatable bonds is 6. The number of para-hydroxylation sites is 1. The van der Waals surface area contributed by atoms with Crippen LogP contribution in [0.25, 0.3) is 93.2 Å². The molecule has 12 rings (SSSR count). The van der Waals surface area contributed by atoms with Crippen molar-refractivity contribution < 1.29 is 0 Å². The molecule has 0 saturated carbocycles. The standard InChI is InChI=1S/C54H34N2/c1-4-11-35(12-5-1)37-23-28-43(29-24-37)55(44-30-25-38(26-31-44)36-13-6-2-7-14-36)45-33-47-46-18-10-15-39-19-20-40-21-22-41-27-32-48-54(52(41)51(40)50(39)46)53(47)49(34-45)56(48)42-16-8-3-9-17-42/h1-34H. The third-order valence-corrected chi connectivity index (χ3v) is 11.8. The third-order valence-electron chi connectivity index (χ3n) is 11.8. The van der Waals surface area contributed by atoms with Gasteiger partial charge in [0.1, 0.15) is 0 Å². The summed E-state index contributed by atoms with van der Waals surface area (Å²) in [5.41, 5.74) is 14.2. The predicted molar refractivity (Wildman–Crippen MR) is 238 cm³/mol. The van der Waals surface area contributed by atoms with E-state index in [9.17, 15) is 0 Å². The quantitative estimate of drug-likeness (QED) is 0.156. The molecule has 10 aromatic carbocycles. The fourth-order valence-electron chi connectivity index (χ4n) is 9.35. The molecule has 0 atom stereocenters. The molecule has 0 bridgehead atoms. The van der Waals surface area contributed by atoms with Crippen molar-refractivity contribution in [3.63, 3.8) is 0 Å². The molecule has 1 heterocycles. The Labute approximate surface area is 324 Å². The van der Waals surface area contributed by atoms with Gasteiger partial charge in [-0.15, -0.1) is 0 Å².